The third-order valence-electron chi connectivity index (χ3n) is 3.27. The number of carbonyl (C=O) groups excluding carboxylic acids is 2. The van der Waals surface area contributed by atoms with Crippen LogP contribution in [0.1, 0.15) is 36.5 Å². The second-order valence-corrected chi connectivity index (χ2v) is 5.92. The van der Waals surface area contributed by atoms with E-state index in [-0.39, 0.29) is 23.9 Å². The van der Waals surface area contributed by atoms with Gasteiger partial charge >= 0.3 is 5.97 Å². The maximum absolute atomic E-state index is 11.6. The first-order chi connectivity index (χ1) is 10.6. The summed E-state index contributed by atoms with van der Waals surface area (Å²) in [5, 5.41) is 0.526. The Kier molecular flexibility index (Phi) is 6.00. The van der Waals surface area contributed by atoms with Crippen LogP contribution in [0, 0.1) is 0 Å². The summed E-state index contributed by atoms with van der Waals surface area (Å²) in [7, 11) is 0. The lowest BCUT2D eigenvalue weighted by Crippen LogP contribution is -2.25. The molecule has 0 aromatic carbocycles. The fourth-order valence-corrected chi connectivity index (χ4v) is 2.92. The summed E-state index contributed by atoms with van der Waals surface area (Å²) < 4.78 is 4.87. The van der Waals surface area contributed by atoms with Crippen LogP contribution in [-0.4, -0.2) is 52.2 Å². The van der Waals surface area contributed by atoms with E-state index in [0.29, 0.717) is 11.6 Å². The van der Waals surface area contributed by atoms with Crippen molar-refractivity contribution in [1.82, 2.24) is 14.9 Å². The summed E-state index contributed by atoms with van der Waals surface area (Å²) in [5.74, 6) is 0.654. The second kappa shape index (κ2) is 7.98. The third-order valence-corrected chi connectivity index (χ3v) is 4.21. The molecule has 0 radical (unpaired) electrons. The van der Waals surface area contributed by atoms with E-state index in [0.717, 1.165) is 31.7 Å². The highest BCUT2D eigenvalue weighted by atomic mass is 32.2. The summed E-state index contributed by atoms with van der Waals surface area (Å²) in [5.41, 5.74) is 5.95. The topological polar surface area (TPSA) is 98.4 Å². The van der Waals surface area contributed by atoms with Crippen LogP contribution < -0.4 is 5.73 Å². The second-order valence-electron chi connectivity index (χ2n) is 4.86. The minimum absolute atomic E-state index is 0.130. The molecule has 7 nitrogen and oxygen atoms in total. The Hall–Kier alpha value is -1.83. The molecule has 1 aliphatic heterocycles. The minimum Gasteiger partial charge on any atom is -0.462 e. The Morgan fingerprint density at radius 2 is 2.36 bits per heavy atom. The SMILES string of the molecule is CCOC(=O)c1cnc(SCCCN2CCCC2=O)nc1N. The van der Waals surface area contributed by atoms with Crippen LogP contribution in [0.4, 0.5) is 5.82 Å². The van der Waals surface area contributed by atoms with Crippen LogP contribution in [0.5, 0.6) is 0 Å². The molecule has 1 saturated heterocycles. The number of esters is 1. The van der Waals surface area contributed by atoms with Crippen molar-refractivity contribution in [2.75, 3.05) is 31.2 Å². The summed E-state index contributed by atoms with van der Waals surface area (Å²) in [6.45, 7) is 3.64. The van der Waals surface area contributed by atoms with Crippen molar-refractivity contribution in [3.8, 4) is 0 Å². The highest BCUT2D eigenvalue weighted by Crippen LogP contribution is 2.18. The third kappa shape index (κ3) is 4.33. The van der Waals surface area contributed by atoms with Gasteiger partial charge in [0.25, 0.3) is 0 Å². The number of hydrogen-bond donors (Lipinski definition) is 1. The van der Waals surface area contributed by atoms with E-state index in [9.17, 15) is 9.59 Å². The van der Waals surface area contributed by atoms with Crippen molar-refractivity contribution < 1.29 is 14.3 Å². The van der Waals surface area contributed by atoms with Crippen LogP contribution in [0.3, 0.4) is 0 Å². The van der Waals surface area contributed by atoms with E-state index in [4.69, 9.17) is 10.5 Å². The zero-order chi connectivity index (χ0) is 15.9. The van der Waals surface area contributed by atoms with Crippen LogP contribution >= 0.6 is 11.8 Å². The molecule has 1 aromatic rings. The number of likely N-dealkylation sites (tertiary alicyclic amines) is 1. The van der Waals surface area contributed by atoms with Gasteiger partial charge in [0, 0.05) is 31.5 Å². The summed E-state index contributed by atoms with van der Waals surface area (Å²) in [4.78, 5) is 33.2. The largest absolute Gasteiger partial charge is 0.462 e. The van der Waals surface area contributed by atoms with Gasteiger partial charge in [0.1, 0.15) is 11.4 Å². The fraction of sp³-hybridized carbons (Fsp3) is 0.571. The Labute approximate surface area is 133 Å². The number of anilines is 1. The number of nitrogen functional groups attached to an aromatic ring is 1. The Morgan fingerprint density at radius 1 is 1.55 bits per heavy atom. The van der Waals surface area contributed by atoms with E-state index in [1.165, 1.54) is 18.0 Å². The predicted molar refractivity (Wildman–Crippen MR) is 83.6 cm³/mol. The van der Waals surface area contributed by atoms with Gasteiger partial charge in [0.2, 0.25) is 5.91 Å². The first-order valence-corrected chi connectivity index (χ1v) is 8.30. The molecule has 2 rings (SSSR count). The van der Waals surface area contributed by atoms with Gasteiger partial charge in [-0.05, 0) is 19.8 Å². The van der Waals surface area contributed by atoms with Gasteiger partial charge in [-0.3, -0.25) is 4.79 Å². The highest BCUT2D eigenvalue weighted by Gasteiger charge is 2.19. The van der Waals surface area contributed by atoms with Crippen molar-refractivity contribution in [2.24, 2.45) is 0 Å². The smallest absolute Gasteiger partial charge is 0.343 e. The zero-order valence-electron chi connectivity index (χ0n) is 12.6. The molecule has 2 N–H and O–H groups in total. The molecule has 0 unspecified atom stereocenters. The molecule has 22 heavy (non-hydrogen) atoms. The van der Waals surface area contributed by atoms with Crippen molar-refractivity contribution >= 4 is 29.5 Å². The summed E-state index contributed by atoms with van der Waals surface area (Å²) >= 11 is 1.46. The maximum Gasteiger partial charge on any atom is 0.343 e. The lowest BCUT2D eigenvalue weighted by molar-refractivity contribution is -0.127. The molecule has 8 heteroatoms. The van der Waals surface area contributed by atoms with Crippen LogP contribution in [0.15, 0.2) is 11.4 Å². The fourth-order valence-electron chi connectivity index (χ4n) is 2.17. The van der Waals surface area contributed by atoms with Gasteiger partial charge < -0.3 is 15.4 Å². The summed E-state index contributed by atoms with van der Waals surface area (Å²) in [6.07, 6.45) is 3.90. The quantitative estimate of drug-likeness (QED) is 0.350. The van der Waals surface area contributed by atoms with Gasteiger partial charge in [-0.1, -0.05) is 11.8 Å². The van der Waals surface area contributed by atoms with Gasteiger partial charge in [-0.25, -0.2) is 14.8 Å². The Bertz CT molecular complexity index is 553. The Balaban J connectivity index is 1.79. The average molecular weight is 324 g/mol. The number of nitrogens with zero attached hydrogens (tertiary/aromatic N) is 3. The van der Waals surface area contributed by atoms with Gasteiger partial charge in [-0.15, -0.1) is 0 Å². The van der Waals surface area contributed by atoms with E-state index < -0.39 is 5.97 Å². The molecule has 2 heterocycles. The van der Waals surface area contributed by atoms with Crippen molar-refractivity contribution in [3.63, 3.8) is 0 Å². The number of hydrogen-bond acceptors (Lipinski definition) is 7. The van der Waals surface area contributed by atoms with Gasteiger partial charge in [0.05, 0.1) is 6.61 Å². The number of carbonyl (C=O) groups is 2. The molecule has 1 amide bonds. The lowest BCUT2D eigenvalue weighted by Gasteiger charge is -2.14. The highest BCUT2D eigenvalue weighted by molar-refractivity contribution is 7.99. The van der Waals surface area contributed by atoms with Gasteiger partial charge in [0.15, 0.2) is 5.16 Å². The minimum atomic E-state index is -0.510. The zero-order valence-corrected chi connectivity index (χ0v) is 13.4. The van der Waals surface area contributed by atoms with Crippen LogP contribution in [0.25, 0.3) is 0 Å². The average Bonchev–Trinajstić information content (AvgIpc) is 2.89. The summed E-state index contributed by atoms with van der Waals surface area (Å²) in [6, 6.07) is 0. The van der Waals surface area contributed by atoms with Crippen LogP contribution in [-0.2, 0) is 9.53 Å². The number of amides is 1. The number of nitrogens with two attached hydrogens (primary N) is 1. The number of ether oxygens (including phenoxy) is 1. The van der Waals surface area contributed by atoms with E-state index in [1.807, 2.05) is 4.90 Å². The first kappa shape index (κ1) is 16.5. The van der Waals surface area contributed by atoms with Crippen molar-refractivity contribution in [3.05, 3.63) is 11.8 Å². The van der Waals surface area contributed by atoms with Crippen molar-refractivity contribution in [2.45, 2.75) is 31.3 Å². The molecule has 120 valence electrons. The normalized spacial score (nSPS) is 14.4. The molecule has 0 spiro atoms. The molecule has 0 atom stereocenters. The monoisotopic (exact) mass is 324 g/mol. The molecular weight excluding hydrogens is 304 g/mol. The molecule has 1 aliphatic rings. The standard InChI is InChI=1S/C14H20N4O3S/c1-2-21-13(20)10-9-16-14(17-12(10)15)22-8-4-7-18-6-3-5-11(18)19/h9H,2-8H2,1H3,(H2,15,16,17). The number of rotatable bonds is 7. The number of thioether (sulfide) groups is 1. The molecule has 0 saturated carbocycles. The first-order valence-electron chi connectivity index (χ1n) is 7.32. The van der Waals surface area contributed by atoms with Crippen molar-refractivity contribution in [1.29, 1.82) is 0 Å². The Morgan fingerprint density at radius 3 is 3.00 bits per heavy atom. The molecule has 0 aliphatic carbocycles. The predicted octanol–water partition coefficient (Wildman–Crippen LogP) is 1.34. The molecule has 0 bridgehead atoms. The number of aromatic nitrogens is 2. The lowest BCUT2D eigenvalue weighted by atomic mass is 10.3. The van der Waals surface area contributed by atoms with E-state index in [1.54, 1.807) is 6.92 Å². The molecular formula is C14H20N4O3S. The molecule has 1 fully saturated rings. The molecule has 1 aromatic heterocycles. The van der Waals surface area contributed by atoms with E-state index in [2.05, 4.69) is 9.97 Å². The van der Waals surface area contributed by atoms with Crippen LogP contribution in [0.2, 0.25) is 0 Å². The maximum atomic E-state index is 11.6. The van der Waals surface area contributed by atoms with Gasteiger partial charge in [-0.2, -0.15) is 0 Å². The van der Waals surface area contributed by atoms with E-state index >= 15 is 0 Å².